The summed E-state index contributed by atoms with van der Waals surface area (Å²) in [6.45, 7) is 2.07. The van der Waals surface area contributed by atoms with Gasteiger partial charge in [-0.1, -0.05) is 0 Å². The van der Waals surface area contributed by atoms with Crippen LogP contribution < -0.4 is 9.64 Å². The maximum Gasteiger partial charge on any atom is 0.168 e. The Hall–Kier alpha value is -3.60. The highest BCUT2D eigenvalue weighted by Gasteiger charge is 2.18. The molecule has 4 aromatic rings. The van der Waals surface area contributed by atoms with E-state index in [1.807, 2.05) is 12.3 Å². The van der Waals surface area contributed by atoms with Crippen molar-refractivity contribution in [2.75, 3.05) is 25.1 Å². The molecule has 0 atom stereocenters. The Morgan fingerprint density at radius 3 is 2.85 bits per heavy atom. The van der Waals surface area contributed by atoms with Crippen molar-refractivity contribution in [3.05, 3.63) is 36.2 Å². The second-order valence-electron chi connectivity index (χ2n) is 6.57. The predicted octanol–water partition coefficient (Wildman–Crippen LogP) is 2.75. The number of nitriles is 1. The highest BCUT2D eigenvalue weighted by atomic mass is 16.5. The summed E-state index contributed by atoms with van der Waals surface area (Å²) < 4.78 is 7.03. The monoisotopic (exact) mass is 359 g/mol. The highest BCUT2D eigenvalue weighted by Crippen LogP contribution is 2.29. The van der Waals surface area contributed by atoms with Crippen LogP contribution in [0.5, 0.6) is 5.75 Å². The molecule has 8 nitrogen and oxygen atoms in total. The zero-order valence-electron chi connectivity index (χ0n) is 14.8. The lowest BCUT2D eigenvalue weighted by Crippen LogP contribution is -2.19. The fourth-order valence-electron chi connectivity index (χ4n) is 3.57. The van der Waals surface area contributed by atoms with E-state index in [1.54, 1.807) is 30.0 Å². The van der Waals surface area contributed by atoms with E-state index < -0.39 is 0 Å². The maximum atomic E-state index is 9.28. The summed E-state index contributed by atoms with van der Waals surface area (Å²) in [5.74, 6) is 2.15. The van der Waals surface area contributed by atoms with Crippen LogP contribution in [-0.4, -0.2) is 44.8 Å². The zero-order chi connectivity index (χ0) is 18.4. The number of hydrogen-bond donors (Lipinski definition) is 1. The van der Waals surface area contributed by atoms with Crippen LogP contribution in [0, 0.1) is 11.3 Å². The molecule has 27 heavy (non-hydrogen) atoms. The van der Waals surface area contributed by atoms with Crippen molar-refractivity contribution in [3.8, 4) is 23.2 Å². The molecule has 0 radical (unpaired) electrons. The third-order valence-corrected chi connectivity index (χ3v) is 4.96. The van der Waals surface area contributed by atoms with Gasteiger partial charge in [-0.3, -0.25) is 0 Å². The largest absolute Gasteiger partial charge is 0.495 e. The number of imidazole rings is 1. The van der Waals surface area contributed by atoms with Crippen LogP contribution in [0.1, 0.15) is 18.4 Å². The number of methoxy groups -OCH3 is 1. The van der Waals surface area contributed by atoms with E-state index in [4.69, 9.17) is 9.72 Å². The minimum atomic E-state index is 0.467. The van der Waals surface area contributed by atoms with Gasteiger partial charge in [0, 0.05) is 25.4 Å². The summed E-state index contributed by atoms with van der Waals surface area (Å²) in [4.78, 5) is 15.1. The van der Waals surface area contributed by atoms with E-state index in [0.29, 0.717) is 17.1 Å². The van der Waals surface area contributed by atoms with E-state index in [9.17, 15) is 5.26 Å². The van der Waals surface area contributed by atoms with Gasteiger partial charge in [0.05, 0.1) is 35.5 Å². The van der Waals surface area contributed by atoms with Gasteiger partial charge in [0.1, 0.15) is 23.5 Å². The van der Waals surface area contributed by atoms with Crippen molar-refractivity contribution in [3.63, 3.8) is 0 Å². The number of nitrogens with zero attached hydrogens (tertiary/aromatic N) is 6. The average molecular weight is 359 g/mol. The van der Waals surface area contributed by atoms with Crippen LogP contribution in [0.2, 0.25) is 0 Å². The summed E-state index contributed by atoms with van der Waals surface area (Å²) in [5, 5.41) is 13.7. The van der Waals surface area contributed by atoms with E-state index in [0.717, 1.165) is 41.2 Å². The first kappa shape index (κ1) is 15.6. The SMILES string of the molecule is COc1cc2nc(-c3cnn4ccc(N5CCCC5)nc34)[nH]c2cc1C#N. The van der Waals surface area contributed by atoms with Crippen molar-refractivity contribution >= 4 is 22.5 Å². The van der Waals surface area contributed by atoms with Crippen molar-refractivity contribution in [1.29, 1.82) is 5.26 Å². The van der Waals surface area contributed by atoms with Crippen LogP contribution >= 0.6 is 0 Å². The molecule has 0 amide bonds. The number of rotatable bonds is 3. The molecule has 0 unspecified atom stereocenters. The van der Waals surface area contributed by atoms with Gasteiger partial charge in [-0.15, -0.1) is 0 Å². The number of benzene rings is 1. The molecule has 1 aromatic carbocycles. The molecule has 4 heterocycles. The number of aromatic amines is 1. The zero-order valence-corrected chi connectivity index (χ0v) is 14.8. The quantitative estimate of drug-likeness (QED) is 0.604. The Balaban J connectivity index is 1.64. The standard InChI is InChI=1S/C19H17N7O/c1-27-16-9-15-14(8-12(16)10-20)22-18(23-15)13-11-21-26-7-4-17(24-19(13)26)25-5-2-3-6-25/h4,7-9,11H,2-3,5-6H2,1H3,(H,22,23). The minimum Gasteiger partial charge on any atom is -0.495 e. The fraction of sp³-hybridized carbons (Fsp3) is 0.263. The molecule has 0 spiro atoms. The second kappa shape index (κ2) is 5.99. The minimum absolute atomic E-state index is 0.467. The molecule has 0 bridgehead atoms. The van der Waals surface area contributed by atoms with Crippen LogP contribution in [0.15, 0.2) is 30.6 Å². The van der Waals surface area contributed by atoms with Crippen LogP contribution in [-0.2, 0) is 0 Å². The first-order valence-corrected chi connectivity index (χ1v) is 8.84. The van der Waals surface area contributed by atoms with E-state index in [1.165, 1.54) is 12.8 Å². The van der Waals surface area contributed by atoms with Gasteiger partial charge in [0.2, 0.25) is 0 Å². The number of ether oxygens (including phenoxy) is 1. The van der Waals surface area contributed by atoms with E-state index in [-0.39, 0.29) is 0 Å². The predicted molar refractivity (Wildman–Crippen MR) is 101 cm³/mol. The number of fused-ring (bicyclic) bond motifs is 2. The molecule has 3 aromatic heterocycles. The van der Waals surface area contributed by atoms with Gasteiger partial charge in [-0.05, 0) is 25.0 Å². The molecule has 0 saturated carbocycles. The summed E-state index contributed by atoms with van der Waals surface area (Å²) >= 11 is 0. The normalized spacial score (nSPS) is 14.1. The van der Waals surface area contributed by atoms with Gasteiger partial charge in [-0.2, -0.15) is 10.4 Å². The lowest BCUT2D eigenvalue weighted by atomic mass is 10.2. The molecule has 0 aliphatic carbocycles. The van der Waals surface area contributed by atoms with Crippen molar-refractivity contribution in [2.45, 2.75) is 12.8 Å². The first-order valence-electron chi connectivity index (χ1n) is 8.84. The number of nitrogens with one attached hydrogen (secondary N) is 1. The molecule has 1 aliphatic heterocycles. The lowest BCUT2D eigenvalue weighted by Gasteiger charge is -2.15. The van der Waals surface area contributed by atoms with E-state index in [2.05, 4.69) is 26.0 Å². The Morgan fingerprint density at radius 2 is 2.07 bits per heavy atom. The molecular weight excluding hydrogens is 342 g/mol. The fourth-order valence-corrected chi connectivity index (χ4v) is 3.57. The van der Waals surface area contributed by atoms with Crippen LogP contribution in [0.25, 0.3) is 28.1 Å². The van der Waals surface area contributed by atoms with Gasteiger partial charge < -0.3 is 14.6 Å². The number of H-pyrrole nitrogens is 1. The lowest BCUT2D eigenvalue weighted by molar-refractivity contribution is 0.414. The molecule has 1 N–H and O–H groups in total. The van der Waals surface area contributed by atoms with Gasteiger partial charge in [-0.25, -0.2) is 14.5 Å². The maximum absolute atomic E-state index is 9.28. The summed E-state index contributed by atoms with van der Waals surface area (Å²) in [5.41, 5.74) is 3.55. The molecule has 8 heteroatoms. The van der Waals surface area contributed by atoms with Gasteiger partial charge in [0.25, 0.3) is 0 Å². The molecule has 1 fully saturated rings. The summed E-state index contributed by atoms with van der Waals surface area (Å²) in [6, 6.07) is 7.66. The van der Waals surface area contributed by atoms with Gasteiger partial charge >= 0.3 is 0 Å². The Labute approximate surface area is 155 Å². The smallest absolute Gasteiger partial charge is 0.168 e. The molecular formula is C19H17N7O. The Morgan fingerprint density at radius 1 is 1.22 bits per heavy atom. The first-order chi connectivity index (χ1) is 13.3. The van der Waals surface area contributed by atoms with Gasteiger partial charge in [0.15, 0.2) is 5.65 Å². The highest BCUT2D eigenvalue weighted by molar-refractivity contribution is 5.85. The molecule has 1 saturated heterocycles. The summed E-state index contributed by atoms with van der Waals surface area (Å²) in [7, 11) is 1.55. The van der Waals surface area contributed by atoms with E-state index >= 15 is 0 Å². The van der Waals surface area contributed by atoms with Crippen LogP contribution in [0.4, 0.5) is 5.82 Å². The average Bonchev–Trinajstić information content (AvgIpc) is 3.44. The van der Waals surface area contributed by atoms with Crippen molar-refractivity contribution < 1.29 is 4.74 Å². The number of aromatic nitrogens is 5. The van der Waals surface area contributed by atoms with Crippen LogP contribution in [0.3, 0.4) is 0 Å². The molecule has 1 aliphatic rings. The van der Waals surface area contributed by atoms with Crippen molar-refractivity contribution in [1.82, 2.24) is 24.6 Å². The molecule has 134 valence electrons. The topological polar surface area (TPSA) is 95.1 Å². The van der Waals surface area contributed by atoms with Crippen molar-refractivity contribution in [2.24, 2.45) is 0 Å². The summed E-state index contributed by atoms with van der Waals surface area (Å²) in [6.07, 6.45) is 6.09. The Kier molecular flexibility index (Phi) is 3.47. The number of anilines is 1. The Bertz CT molecular complexity index is 1190. The third-order valence-electron chi connectivity index (χ3n) is 4.96. The molecule has 5 rings (SSSR count). The third kappa shape index (κ3) is 2.47. The number of hydrogen-bond acceptors (Lipinski definition) is 6. The second-order valence-corrected chi connectivity index (χ2v) is 6.57.